The van der Waals surface area contributed by atoms with Gasteiger partial charge in [-0.25, -0.2) is 0 Å². The first-order valence-electron chi connectivity index (χ1n) is 8.41. The first kappa shape index (κ1) is 20.9. The van der Waals surface area contributed by atoms with Crippen LogP contribution in [0, 0.1) is 11.8 Å². The van der Waals surface area contributed by atoms with Crippen molar-refractivity contribution in [1.29, 1.82) is 0 Å². The van der Waals surface area contributed by atoms with Crippen LogP contribution in [0.2, 0.25) is 0 Å². The lowest BCUT2D eigenvalue weighted by Crippen LogP contribution is -2.45. The molecule has 2 amide bonds. The molecule has 0 saturated carbocycles. The summed E-state index contributed by atoms with van der Waals surface area (Å²) in [5.74, 6) is 4.52. The number of nitrogens with two attached hydrogens (primary N) is 1. The molecule has 8 heteroatoms. The summed E-state index contributed by atoms with van der Waals surface area (Å²) in [6, 6.07) is 4.38. The number of hydrogen-bond donors (Lipinski definition) is 1. The van der Waals surface area contributed by atoms with Crippen LogP contribution in [0.1, 0.15) is 34.3 Å². The molecule has 27 heavy (non-hydrogen) atoms. The molecule has 1 aliphatic heterocycles. The third-order valence-corrected chi connectivity index (χ3v) is 4.49. The predicted molar refractivity (Wildman–Crippen MR) is 102 cm³/mol. The minimum absolute atomic E-state index is 0.00179. The van der Waals surface area contributed by atoms with E-state index in [2.05, 4.69) is 32.5 Å². The van der Waals surface area contributed by atoms with Gasteiger partial charge >= 0.3 is 5.97 Å². The van der Waals surface area contributed by atoms with Crippen molar-refractivity contribution in [3.05, 3.63) is 34.9 Å². The Morgan fingerprint density at radius 1 is 1.41 bits per heavy atom. The minimum atomic E-state index is -0.882. The molecule has 2 N–H and O–H groups in total. The van der Waals surface area contributed by atoms with Crippen LogP contribution >= 0.6 is 15.9 Å². The largest absolute Gasteiger partial charge is 0.469 e. The van der Waals surface area contributed by atoms with E-state index < -0.39 is 17.9 Å². The fourth-order valence-corrected chi connectivity index (χ4v) is 3.07. The summed E-state index contributed by atoms with van der Waals surface area (Å²) < 4.78 is 9.89. The Labute approximate surface area is 166 Å². The number of hydrogen-bond acceptors (Lipinski definition) is 5. The highest BCUT2D eigenvalue weighted by molar-refractivity contribution is 9.09. The summed E-state index contributed by atoms with van der Waals surface area (Å²) in [5.41, 5.74) is 7.43. The number of halogens is 1. The minimum Gasteiger partial charge on any atom is -0.469 e. The molecule has 0 bridgehead atoms. The van der Waals surface area contributed by atoms with Gasteiger partial charge in [-0.2, -0.15) is 0 Å². The molecule has 144 valence electrons. The van der Waals surface area contributed by atoms with Gasteiger partial charge in [0.1, 0.15) is 12.6 Å². The van der Waals surface area contributed by atoms with Crippen LogP contribution in [-0.4, -0.2) is 54.4 Å². The molecule has 0 radical (unpaired) electrons. The number of ether oxygens (including phenoxy) is 2. The fourth-order valence-electron chi connectivity index (χ4n) is 2.84. The second-order valence-electron chi connectivity index (χ2n) is 5.84. The van der Waals surface area contributed by atoms with E-state index >= 15 is 0 Å². The molecule has 0 fully saturated rings. The van der Waals surface area contributed by atoms with Gasteiger partial charge in [-0.15, -0.1) is 0 Å². The number of rotatable bonds is 8. The number of alkyl halides is 1. The van der Waals surface area contributed by atoms with Gasteiger partial charge in [-0.05, 0) is 24.1 Å². The van der Waals surface area contributed by atoms with E-state index in [4.69, 9.17) is 10.5 Å². The van der Waals surface area contributed by atoms with Gasteiger partial charge in [0.2, 0.25) is 5.91 Å². The van der Waals surface area contributed by atoms with Crippen LogP contribution in [-0.2, 0) is 25.6 Å². The van der Waals surface area contributed by atoms with Gasteiger partial charge in [0.25, 0.3) is 5.91 Å². The number of primary amides is 1. The molecular formula is C19H21BrN2O5. The van der Waals surface area contributed by atoms with E-state index in [-0.39, 0.29) is 31.9 Å². The van der Waals surface area contributed by atoms with Crippen molar-refractivity contribution in [2.24, 2.45) is 5.73 Å². The number of carbonyl (C=O) groups excluding carboxylic acids is 3. The summed E-state index contributed by atoms with van der Waals surface area (Å²) in [5, 5.41) is 0.735. The molecule has 0 aromatic heterocycles. The van der Waals surface area contributed by atoms with E-state index in [1.165, 1.54) is 12.0 Å². The Kier molecular flexibility index (Phi) is 7.82. The lowest BCUT2D eigenvalue weighted by atomic mass is 10.0. The summed E-state index contributed by atoms with van der Waals surface area (Å²) in [6.45, 7) is 1.07. The Balaban J connectivity index is 2.18. The molecule has 1 unspecified atom stereocenters. The third kappa shape index (κ3) is 5.31. The number of methoxy groups -OCH3 is 1. The number of esters is 1. The second-order valence-corrected chi connectivity index (χ2v) is 6.63. The van der Waals surface area contributed by atoms with E-state index in [0.29, 0.717) is 17.7 Å². The maximum absolute atomic E-state index is 12.7. The van der Waals surface area contributed by atoms with Gasteiger partial charge in [0, 0.05) is 29.4 Å². The number of fused-ring (bicyclic) bond motifs is 1. The van der Waals surface area contributed by atoms with Crippen molar-refractivity contribution in [2.75, 3.05) is 25.7 Å². The normalized spacial score (nSPS) is 13.6. The number of carbonyl (C=O) groups is 3. The Hall–Kier alpha value is -2.37. The number of nitrogens with zero attached hydrogens (tertiary/aromatic N) is 1. The predicted octanol–water partition coefficient (Wildman–Crippen LogP) is 1.21. The molecule has 1 aliphatic rings. The average Bonchev–Trinajstić information content (AvgIpc) is 2.99. The molecule has 0 saturated heterocycles. The zero-order valence-electron chi connectivity index (χ0n) is 15.0. The van der Waals surface area contributed by atoms with Crippen LogP contribution in [0.4, 0.5) is 0 Å². The van der Waals surface area contributed by atoms with Crippen LogP contribution in [0.3, 0.4) is 0 Å². The van der Waals surface area contributed by atoms with Crippen molar-refractivity contribution < 1.29 is 23.9 Å². The summed E-state index contributed by atoms with van der Waals surface area (Å²) in [6.07, 6.45) is 0.116. The van der Waals surface area contributed by atoms with Gasteiger partial charge in [0.05, 0.1) is 13.7 Å². The molecule has 1 atom stereocenters. The highest BCUT2D eigenvalue weighted by Crippen LogP contribution is 2.28. The van der Waals surface area contributed by atoms with Crippen LogP contribution in [0.15, 0.2) is 18.2 Å². The van der Waals surface area contributed by atoms with Crippen molar-refractivity contribution in [1.82, 2.24) is 4.90 Å². The van der Waals surface area contributed by atoms with Crippen LogP contribution in [0.5, 0.6) is 0 Å². The molecule has 0 aliphatic carbocycles. The topological polar surface area (TPSA) is 98.9 Å². The lowest BCUT2D eigenvalue weighted by Gasteiger charge is -2.24. The van der Waals surface area contributed by atoms with Crippen molar-refractivity contribution in [3.63, 3.8) is 0 Å². The number of amides is 2. The van der Waals surface area contributed by atoms with Gasteiger partial charge in [-0.3, -0.25) is 14.4 Å². The Morgan fingerprint density at radius 2 is 2.19 bits per heavy atom. The zero-order chi connectivity index (χ0) is 19.8. The monoisotopic (exact) mass is 436 g/mol. The van der Waals surface area contributed by atoms with Crippen LogP contribution < -0.4 is 5.73 Å². The number of benzene rings is 1. The Bertz CT molecular complexity index is 784. The van der Waals surface area contributed by atoms with Crippen molar-refractivity contribution in [2.45, 2.75) is 25.4 Å². The van der Waals surface area contributed by atoms with Gasteiger partial charge in [0.15, 0.2) is 0 Å². The molecular weight excluding hydrogens is 416 g/mol. The zero-order valence-corrected chi connectivity index (χ0v) is 16.6. The first-order valence-corrected chi connectivity index (χ1v) is 9.53. The van der Waals surface area contributed by atoms with E-state index in [9.17, 15) is 14.4 Å². The summed E-state index contributed by atoms with van der Waals surface area (Å²) in [4.78, 5) is 37.4. The average molecular weight is 437 g/mol. The highest BCUT2D eigenvalue weighted by Gasteiger charge is 2.36. The maximum Gasteiger partial charge on any atom is 0.305 e. The van der Waals surface area contributed by atoms with E-state index in [1.807, 2.05) is 6.07 Å². The van der Waals surface area contributed by atoms with E-state index in [1.54, 1.807) is 12.1 Å². The summed E-state index contributed by atoms with van der Waals surface area (Å²) >= 11 is 3.27. The van der Waals surface area contributed by atoms with Gasteiger partial charge in [-0.1, -0.05) is 33.8 Å². The summed E-state index contributed by atoms with van der Waals surface area (Å²) in [7, 11) is 1.27. The lowest BCUT2D eigenvalue weighted by molar-refractivity contribution is -0.141. The van der Waals surface area contributed by atoms with E-state index in [0.717, 1.165) is 10.9 Å². The smallest absolute Gasteiger partial charge is 0.305 e. The van der Waals surface area contributed by atoms with Gasteiger partial charge < -0.3 is 20.1 Å². The van der Waals surface area contributed by atoms with Crippen molar-refractivity contribution in [3.8, 4) is 11.8 Å². The third-order valence-electron chi connectivity index (χ3n) is 4.17. The molecule has 1 aromatic carbocycles. The Morgan fingerprint density at radius 3 is 2.85 bits per heavy atom. The molecule has 2 rings (SSSR count). The second kappa shape index (κ2) is 10.1. The molecule has 1 heterocycles. The molecule has 0 spiro atoms. The highest BCUT2D eigenvalue weighted by atomic mass is 79.9. The van der Waals surface area contributed by atoms with Crippen LogP contribution in [0.25, 0.3) is 0 Å². The quantitative estimate of drug-likeness (QED) is 0.285. The molecule has 7 nitrogen and oxygen atoms in total. The first-order chi connectivity index (χ1) is 13.0. The standard InChI is InChI=1S/C19H21BrN2O5/c1-26-17(23)8-7-16(18(21)24)22-12-15-13(5-3-10-27-11-9-20)4-2-6-14(15)19(22)25/h2,4,6,16H,7-12H2,1H3,(H2,21,24). The van der Waals surface area contributed by atoms with Crippen molar-refractivity contribution >= 4 is 33.7 Å². The molecule has 1 aromatic rings. The maximum atomic E-state index is 12.7. The fraction of sp³-hybridized carbons (Fsp3) is 0.421. The SMILES string of the molecule is COC(=O)CCC(C(N)=O)N1Cc2c(C#CCOCCBr)cccc2C1=O.